The first kappa shape index (κ1) is 17.3. The lowest BCUT2D eigenvalue weighted by Crippen LogP contribution is -2.30. The van der Waals surface area contributed by atoms with Crippen LogP contribution in [0.4, 0.5) is 0 Å². The lowest BCUT2D eigenvalue weighted by Gasteiger charge is -2.23. The van der Waals surface area contributed by atoms with Gasteiger partial charge in [0.15, 0.2) is 0 Å². The van der Waals surface area contributed by atoms with Gasteiger partial charge >= 0.3 is 5.97 Å². The van der Waals surface area contributed by atoms with E-state index >= 15 is 0 Å². The topological polar surface area (TPSA) is 107 Å². The largest absolute Gasteiger partial charge is 0.480 e. The number of hydrogen-bond acceptors (Lipinski definition) is 5. The molecule has 108 valence electrons. The van der Waals surface area contributed by atoms with E-state index in [9.17, 15) is 13.2 Å². The van der Waals surface area contributed by atoms with Gasteiger partial charge in [0.25, 0.3) is 10.1 Å². The smallest absolute Gasteiger partial charge is 0.323 e. The Labute approximate surface area is 112 Å². The van der Waals surface area contributed by atoms with Crippen LogP contribution in [0.1, 0.15) is 13.3 Å². The molecule has 8 heteroatoms. The van der Waals surface area contributed by atoms with Crippen molar-refractivity contribution in [3.63, 3.8) is 0 Å². The molecule has 0 aliphatic carbocycles. The summed E-state index contributed by atoms with van der Waals surface area (Å²) in [6.45, 7) is 4.91. The zero-order chi connectivity index (χ0) is 14.9. The van der Waals surface area contributed by atoms with Crippen molar-refractivity contribution in [2.45, 2.75) is 13.3 Å². The van der Waals surface area contributed by atoms with Gasteiger partial charge in [-0.2, -0.15) is 8.42 Å². The molecule has 0 aliphatic heterocycles. The van der Waals surface area contributed by atoms with Crippen molar-refractivity contribution in [3.8, 4) is 0 Å². The molecule has 19 heavy (non-hydrogen) atoms. The van der Waals surface area contributed by atoms with Crippen LogP contribution in [0.3, 0.4) is 0 Å². The summed E-state index contributed by atoms with van der Waals surface area (Å²) in [6.07, 6.45) is 4.78. The fraction of sp³-hybridized carbons (Fsp3) is 0.455. The highest BCUT2D eigenvalue weighted by molar-refractivity contribution is 7.85. The van der Waals surface area contributed by atoms with Gasteiger partial charge in [0.1, 0.15) is 6.54 Å². The van der Waals surface area contributed by atoms with E-state index in [0.29, 0.717) is 5.70 Å². The predicted octanol–water partition coefficient (Wildman–Crippen LogP) is 0.769. The molecule has 0 saturated carbocycles. The van der Waals surface area contributed by atoms with Crippen LogP contribution in [0.5, 0.6) is 0 Å². The van der Waals surface area contributed by atoms with Crippen molar-refractivity contribution < 1.29 is 22.9 Å². The number of carboxylic acid groups (broad SMARTS) is 1. The molecule has 0 spiro atoms. The molecular formula is C11H18N2O5S. The SMILES string of the molecule is C=N/C=C\C(=C/C)N(CCCS(=O)(=O)O)CC(=O)O. The molecule has 0 atom stereocenters. The second-order valence-electron chi connectivity index (χ2n) is 3.67. The second-order valence-corrected chi connectivity index (χ2v) is 5.24. The fourth-order valence-electron chi connectivity index (χ4n) is 1.41. The quantitative estimate of drug-likeness (QED) is 0.369. The van der Waals surface area contributed by atoms with Gasteiger partial charge in [0, 0.05) is 18.4 Å². The van der Waals surface area contributed by atoms with Gasteiger partial charge in [0.05, 0.1) is 5.75 Å². The molecule has 0 amide bonds. The van der Waals surface area contributed by atoms with Crippen LogP contribution in [-0.2, 0) is 14.9 Å². The van der Waals surface area contributed by atoms with E-state index in [4.69, 9.17) is 9.66 Å². The standard InChI is InChI=1S/C11H18N2O5S/c1-3-10(5-6-12-2)13(9-11(14)15)7-4-8-19(16,17)18/h3,5-6H,2,4,7-9H2,1H3,(H,14,15)(H,16,17,18)/b6-5-,10-3+. The molecule has 0 bridgehead atoms. The monoisotopic (exact) mass is 290 g/mol. The van der Waals surface area contributed by atoms with E-state index in [1.54, 1.807) is 19.1 Å². The maximum absolute atomic E-state index is 10.8. The van der Waals surface area contributed by atoms with Gasteiger partial charge in [-0.3, -0.25) is 14.3 Å². The zero-order valence-electron chi connectivity index (χ0n) is 10.7. The van der Waals surface area contributed by atoms with Gasteiger partial charge < -0.3 is 10.0 Å². The van der Waals surface area contributed by atoms with Crippen molar-refractivity contribution in [1.29, 1.82) is 0 Å². The lowest BCUT2D eigenvalue weighted by atomic mass is 10.3. The van der Waals surface area contributed by atoms with Crippen LogP contribution in [0.15, 0.2) is 29.0 Å². The van der Waals surface area contributed by atoms with Crippen molar-refractivity contribution in [3.05, 3.63) is 24.0 Å². The predicted molar refractivity (Wildman–Crippen MR) is 72.7 cm³/mol. The minimum Gasteiger partial charge on any atom is -0.480 e. The Hall–Kier alpha value is -1.67. The first-order chi connectivity index (χ1) is 8.80. The van der Waals surface area contributed by atoms with Gasteiger partial charge in [-0.25, -0.2) is 0 Å². The van der Waals surface area contributed by atoms with Crippen molar-refractivity contribution >= 4 is 22.8 Å². The Morgan fingerprint density at radius 1 is 1.47 bits per heavy atom. The fourth-order valence-corrected chi connectivity index (χ4v) is 1.91. The highest BCUT2D eigenvalue weighted by Gasteiger charge is 2.12. The van der Waals surface area contributed by atoms with Gasteiger partial charge in [0.2, 0.25) is 0 Å². The normalized spacial score (nSPS) is 12.6. The zero-order valence-corrected chi connectivity index (χ0v) is 11.5. The molecule has 0 fully saturated rings. The number of carboxylic acids is 1. The van der Waals surface area contributed by atoms with E-state index < -0.39 is 21.8 Å². The molecular weight excluding hydrogens is 272 g/mol. The summed E-state index contributed by atoms with van der Waals surface area (Å²) < 4.78 is 29.9. The minimum absolute atomic E-state index is 0.124. The maximum atomic E-state index is 10.8. The number of nitrogens with zero attached hydrogens (tertiary/aromatic N) is 2. The molecule has 0 heterocycles. The highest BCUT2D eigenvalue weighted by atomic mass is 32.2. The minimum atomic E-state index is -4.04. The molecule has 0 radical (unpaired) electrons. The molecule has 0 saturated heterocycles. The number of aliphatic imine (C=N–C) groups is 1. The summed E-state index contributed by atoms with van der Waals surface area (Å²) in [4.78, 5) is 15.8. The Morgan fingerprint density at radius 2 is 2.11 bits per heavy atom. The number of allylic oxidation sites excluding steroid dienone is 2. The Morgan fingerprint density at radius 3 is 2.53 bits per heavy atom. The summed E-state index contributed by atoms with van der Waals surface area (Å²) in [7, 11) is -4.04. The molecule has 0 aromatic carbocycles. The van der Waals surface area contributed by atoms with E-state index in [1.165, 1.54) is 11.1 Å². The molecule has 2 N–H and O–H groups in total. The summed E-state index contributed by atoms with van der Waals surface area (Å²) in [5, 5.41) is 8.82. The molecule has 7 nitrogen and oxygen atoms in total. The third-order valence-corrected chi connectivity index (χ3v) is 2.97. The van der Waals surface area contributed by atoms with Crippen LogP contribution in [0, 0.1) is 0 Å². The van der Waals surface area contributed by atoms with Crippen LogP contribution < -0.4 is 0 Å². The molecule has 0 aromatic rings. The Balaban J connectivity index is 4.74. The first-order valence-corrected chi connectivity index (χ1v) is 7.11. The number of hydrogen-bond donors (Lipinski definition) is 2. The molecule has 0 rings (SSSR count). The second kappa shape index (κ2) is 8.44. The summed E-state index contributed by atoms with van der Waals surface area (Å²) in [6, 6.07) is 0. The average molecular weight is 290 g/mol. The van der Waals surface area contributed by atoms with Gasteiger partial charge in [-0.15, -0.1) is 0 Å². The lowest BCUT2D eigenvalue weighted by molar-refractivity contribution is -0.137. The van der Waals surface area contributed by atoms with Crippen LogP contribution in [0.25, 0.3) is 0 Å². The van der Waals surface area contributed by atoms with E-state index in [1.807, 2.05) is 0 Å². The van der Waals surface area contributed by atoms with Crippen LogP contribution in [-0.4, -0.2) is 54.5 Å². The molecule has 0 aromatic heterocycles. The van der Waals surface area contributed by atoms with E-state index in [2.05, 4.69) is 11.7 Å². The first-order valence-electron chi connectivity index (χ1n) is 5.50. The summed E-state index contributed by atoms with van der Waals surface area (Å²) in [5.74, 6) is -1.45. The molecule has 0 aliphatic rings. The third-order valence-electron chi connectivity index (χ3n) is 2.17. The number of aliphatic carboxylic acids is 1. The van der Waals surface area contributed by atoms with Crippen molar-refractivity contribution in [2.75, 3.05) is 18.8 Å². The van der Waals surface area contributed by atoms with Crippen LogP contribution in [0.2, 0.25) is 0 Å². The number of rotatable bonds is 9. The van der Waals surface area contributed by atoms with Gasteiger partial charge in [-0.1, -0.05) is 6.08 Å². The Kier molecular flexibility index (Phi) is 7.69. The Bertz CT molecular complexity index is 467. The average Bonchev–Trinajstić information content (AvgIpc) is 2.27. The third kappa shape index (κ3) is 8.97. The summed E-state index contributed by atoms with van der Waals surface area (Å²) >= 11 is 0. The number of carbonyl (C=O) groups is 1. The van der Waals surface area contributed by atoms with E-state index in [0.717, 1.165) is 0 Å². The molecule has 0 unspecified atom stereocenters. The van der Waals surface area contributed by atoms with Gasteiger partial charge in [-0.05, 0) is 26.1 Å². The maximum Gasteiger partial charge on any atom is 0.323 e. The summed E-state index contributed by atoms with van der Waals surface area (Å²) in [5.41, 5.74) is 0.588. The highest BCUT2D eigenvalue weighted by Crippen LogP contribution is 2.08. The van der Waals surface area contributed by atoms with Crippen molar-refractivity contribution in [2.24, 2.45) is 4.99 Å². The van der Waals surface area contributed by atoms with E-state index in [-0.39, 0.29) is 19.5 Å². The van der Waals surface area contributed by atoms with Crippen molar-refractivity contribution in [1.82, 2.24) is 4.90 Å². The van der Waals surface area contributed by atoms with Crippen LogP contribution >= 0.6 is 0 Å².